The molecule has 0 saturated heterocycles. The molecule has 2 aromatic rings. The number of halogens is 1. The van der Waals surface area contributed by atoms with Crippen LogP contribution in [0.1, 0.15) is 48.4 Å². The van der Waals surface area contributed by atoms with E-state index in [9.17, 15) is 19.1 Å². The smallest absolute Gasteiger partial charge is 0.407 e. The number of anilines is 1. The molecule has 1 atom stereocenters. The molecule has 0 radical (unpaired) electrons. The third-order valence-electron chi connectivity index (χ3n) is 4.50. The minimum absolute atomic E-state index is 0.0210. The van der Waals surface area contributed by atoms with Crippen molar-refractivity contribution in [1.82, 2.24) is 10.3 Å². The summed E-state index contributed by atoms with van der Waals surface area (Å²) in [4.78, 5) is 30.4. The number of aliphatic hydroxyl groups excluding tert-OH is 1. The summed E-state index contributed by atoms with van der Waals surface area (Å²) >= 11 is 1.39. The highest BCUT2D eigenvalue weighted by Crippen LogP contribution is 2.29. The zero-order chi connectivity index (χ0) is 21.9. The van der Waals surface area contributed by atoms with Gasteiger partial charge in [0.2, 0.25) is 0 Å². The van der Waals surface area contributed by atoms with E-state index in [0.717, 1.165) is 5.56 Å². The maximum absolute atomic E-state index is 13.4. The average Bonchev–Trinajstić information content (AvgIpc) is 3.21. The Labute approximate surface area is 178 Å². The van der Waals surface area contributed by atoms with Gasteiger partial charge in [0.05, 0.1) is 6.33 Å². The number of nitrogens with zero attached hydrogens (tertiary/aromatic N) is 2. The molecule has 0 aliphatic carbocycles. The first-order valence-corrected chi connectivity index (χ1v) is 10.4. The lowest BCUT2D eigenvalue weighted by Crippen LogP contribution is -2.37. The van der Waals surface area contributed by atoms with Gasteiger partial charge in [0, 0.05) is 35.8 Å². The molecule has 3 rings (SSSR count). The number of alkyl carbamates (subject to hydrolysis) is 1. The molecule has 1 aliphatic heterocycles. The molecule has 1 aromatic carbocycles. The molecule has 0 bridgehead atoms. The first kappa shape index (κ1) is 21.9. The van der Waals surface area contributed by atoms with Gasteiger partial charge in [-0.1, -0.05) is 12.1 Å². The first-order chi connectivity index (χ1) is 14.2. The number of nitrogens with one attached hydrogen (secondary N) is 1. The molecule has 2 heterocycles. The fourth-order valence-corrected chi connectivity index (χ4v) is 3.77. The summed E-state index contributed by atoms with van der Waals surface area (Å²) in [5.41, 5.74) is 1.05. The fourth-order valence-electron chi connectivity index (χ4n) is 3.11. The summed E-state index contributed by atoms with van der Waals surface area (Å²) in [6.07, 6.45) is 0.552. The number of amides is 2. The van der Waals surface area contributed by atoms with Crippen molar-refractivity contribution in [3.8, 4) is 0 Å². The van der Waals surface area contributed by atoms with Gasteiger partial charge >= 0.3 is 6.09 Å². The lowest BCUT2D eigenvalue weighted by atomic mass is 9.93. The van der Waals surface area contributed by atoms with Crippen molar-refractivity contribution < 1.29 is 23.8 Å². The summed E-state index contributed by atoms with van der Waals surface area (Å²) in [6.45, 7) is 5.43. The van der Waals surface area contributed by atoms with E-state index >= 15 is 0 Å². The van der Waals surface area contributed by atoms with Crippen molar-refractivity contribution in [3.63, 3.8) is 0 Å². The Morgan fingerprint density at radius 3 is 2.87 bits per heavy atom. The van der Waals surface area contributed by atoms with Crippen LogP contribution in [0.25, 0.3) is 0 Å². The van der Waals surface area contributed by atoms with E-state index in [-0.39, 0.29) is 24.4 Å². The van der Waals surface area contributed by atoms with Crippen LogP contribution in [0.3, 0.4) is 0 Å². The number of benzene rings is 1. The van der Waals surface area contributed by atoms with Gasteiger partial charge in [-0.25, -0.2) is 14.2 Å². The second-order valence-corrected chi connectivity index (χ2v) is 8.75. The highest BCUT2D eigenvalue weighted by molar-refractivity contribution is 7.13. The van der Waals surface area contributed by atoms with Crippen LogP contribution in [0.4, 0.5) is 14.3 Å². The lowest BCUT2D eigenvalue weighted by Gasteiger charge is -2.27. The quantitative estimate of drug-likeness (QED) is 0.749. The molecule has 1 aliphatic rings. The summed E-state index contributed by atoms with van der Waals surface area (Å²) in [5.74, 6) is -0.153. The second-order valence-electron chi connectivity index (χ2n) is 7.88. The van der Waals surface area contributed by atoms with Gasteiger partial charge in [0.25, 0.3) is 5.91 Å². The van der Waals surface area contributed by atoms with E-state index in [0.29, 0.717) is 29.2 Å². The van der Waals surface area contributed by atoms with E-state index < -0.39 is 17.8 Å². The van der Waals surface area contributed by atoms with Crippen molar-refractivity contribution in [2.24, 2.45) is 0 Å². The molecule has 2 amide bonds. The normalized spacial score (nSPS) is 15.6. The molecular weight excluding hydrogens is 409 g/mol. The third kappa shape index (κ3) is 5.03. The second kappa shape index (κ2) is 8.93. The fraction of sp³-hybridized carbons (Fsp3) is 0.381. The molecule has 7 nitrogen and oxygen atoms in total. The standard InChI is InChI=1S/C21H24FN3O4S/c1-21(2,3)29-20(28)24-12-15(11-22)17(26)14-4-5-16-13(10-14)6-8-25(18(16)27)19-23-7-9-30-19/h4-5,7,9-11,17,26H,6,8,12H2,1-3H3,(H,24,28). The Morgan fingerprint density at radius 2 is 2.23 bits per heavy atom. The van der Waals surface area contributed by atoms with Gasteiger partial charge in [-0.05, 0) is 44.4 Å². The lowest BCUT2D eigenvalue weighted by molar-refractivity contribution is 0.0529. The number of hydrogen-bond donors (Lipinski definition) is 2. The maximum Gasteiger partial charge on any atom is 0.407 e. The predicted molar refractivity (Wildman–Crippen MR) is 112 cm³/mol. The minimum atomic E-state index is -1.26. The van der Waals surface area contributed by atoms with Crippen molar-refractivity contribution in [2.45, 2.75) is 38.9 Å². The number of carbonyl (C=O) groups excluding carboxylic acids is 2. The third-order valence-corrected chi connectivity index (χ3v) is 5.30. The van der Waals surface area contributed by atoms with Gasteiger partial charge in [0.1, 0.15) is 11.7 Å². The van der Waals surface area contributed by atoms with Gasteiger partial charge in [-0.3, -0.25) is 9.69 Å². The molecule has 0 saturated carbocycles. The van der Waals surface area contributed by atoms with Gasteiger partial charge in [0.15, 0.2) is 5.13 Å². The zero-order valence-electron chi connectivity index (χ0n) is 17.0. The zero-order valence-corrected chi connectivity index (χ0v) is 17.8. The number of fused-ring (bicyclic) bond motifs is 1. The van der Waals surface area contributed by atoms with Crippen LogP contribution in [0, 0.1) is 0 Å². The Bertz CT molecular complexity index is 954. The van der Waals surface area contributed by atoms with Crippen LogP contribution < -0.4 is 10.2 Å². The van der Waals surface area contributed by atoms with Crippen molar-refractivity contribution in [2.75, 3.05) is 18.0 Å². The summed E-state index contributed by atoms with van der Waals surface area (Å²) < 4.78 is 18.5. The number of rotatable bonds is 5. The molecule has 0 fully saturated rings. The van der Waals surface area contributed by atoms with Gasteiger partial charge < -0.3 is 15.2 Å². The average molecular weight is 434 g/mol. The predicted octanol–water partition coefficient (Wildman–Crippen LogP) is 3.76. The van der Waals surface area contributed by atoms with Crippen molar-refractivity contribution in [3.05, 3.63) is 58.4 Å². The Kier molecular flexibility index (Phi) is 6.52. The topological polar surface area (TPSA) is 91.8 Å². The van der Waals surface area contributed by atoms with Crippen LogP contribution in [-0.2, 0) is 11.2 Å². The highest BCUT2D eigenvalue weighted by atomic mass is 32.1. The summed E-state index contributed by atoms with van der Waals surface area (Å²) in [7, 11) is 0. The number of thiazole rings is 1. The number of aliphatic hydroxyl groups is 1. The van der Waals surface area contributed by atoms with Crippen molar-refractivity contribution >= 4 is 28.5 Å². The first-order valence-electron chi connectivity index (χ1n) is 9.48. The Morgan fingerprint density at radius 1 is 1.47 bits per heavy atom. The largest absolute Gasteiger partial charge is 0.444 e. The van der Waals surface area contributed by atoms with Crippen LogP contribution in [0.5, 0.6) is 0 Å². The molecular formula is C21H24FN3O4S. The SMILES string of the molecule is CC(C)(C)OC(=O)NCC(=CF)C(O)c1ccc2c(c1)CCN(c1nccs1)C2=O. The van der Waals surface area contributed by atoms with E-state index in [2.05, 4.69) is 10.3 Å². The molecule has 160 valence electrons. The number of ether oxygens (including phenoxy) is 1. The molecule has 1 aromatic heterocycles. The summed E-state index contributed by atoms with van der Waals surface area (Å²) in [5, 5.41) is 15.5. The molecule has 2 N–H and O–H groups in total. The van der Waals surface area contributed by atoms with Crippen LogP contribution in [0.15, 0.2) is 41.7 Å². The number of aromatic nitrogens is 1. The van der Waals surface area contributed by atoms with E-state index in [1.807, 2.05) is 5.38 Å². The Hall–Kier alpha value is -2.78. The molecule has 0 spiro atoms. The van der Waals surface area contributed by atoms with Crippen LogP contribution in [-0.4, -0.2) is 40.8 Å². The minimum Gasteiger partial charge on any atom is -0.444 e. The monoisotopic (exact) mass is 433 g/mol. The van der Waals surface area contributed by atoms with Crippen molar-refractivity contribution in [1.29, 1.82) is 0 Å². The Balaban J connectivity index is 1.70. The molecule has 30 heavy (non-hydrogen) atoms. The number of hydrogen-bond acceptors (Lipinski definition) is 6. The molecule has 9 heteroatoms. The van der Waals surface area contributed by atoms with E-state index in [4.69, 9.17) is 4.74 Å². The number of carbonyl (C=O) groups is 2. The molecule has 1 unspecified atom stereocenters. The summed E-state index contributed by atoms with van der Waals surface area (Å²) in [6, 6.07) is 4.92. The maximum atomic E-state index is 13.4. The van der Waals surface area contributed by atoms with Gasteiger partial charge in [-0.15, -0.1) is 11.3 Å². The van der Waals surface area contributed by atoms with Crippen LogP contribution >= 0.6 is 11.3 Å². The van der Waals surface area contributed by atoms with E-state index in [1.54, 1.807) is 50.1 Å². The van der Waals surface area contributed by atoms with Crippen LogP contribution in [0.2, 0.25) is 0 Å². The van der Waals surface area contributed by atoms with Gasteiger partial charge in [-0.2, -0.15) is 0 Å². The van der Waals surface area contributed by atoms with E-state index in [1.165, 1.54) is 11.3 Å². The highest BCUT2D eigenvalue weighted by Gasteiger charge is 2.28.